The Hall–Kier alpha value is -2.86. The zero-order chi connectivity index (χ0) is 16.5. The van der Waals surface area contributed by atoms with Gasteiger partial charge >= 0.3 is 0 Å². The van der Waals surface area contributed by atoms with Crippen LogP contribution in [-0.2, 0) is 6.42 Å². The fraction of sp³-hybridized carbons (Fsp3) is 0.118. The lowest BCUT2D eigenvalue weighted by atomic mass is 10.1. The van der Waals surface area contributed by atoms with Crippen molar-refractivity contribution < 1.29 is 0 Å². The van der Waals surface area contributed by atoms with E-state index in [9.17, 15) is 0 Å². The second kappa shape index (κ2) is 5.98. The molecular formula is C17H15ClN6. The number of nitrogens with zero attached hydrogens (tertiary/aromatic N) is 5. The van der Waals surface area contributed by atoms with Gasteiger partial charge in [0.05, 0.1) is 6.20 Å². The molecule has 3 heterocycles. The van der Waals surface area contributed by atoms with Crippen LogP contribution in [0.4, 0.5) is 11.6 Å². The summed E-state index contributed by atoms with van der Waals surface area (Å²) in [5, 5.41) is 7.49. The van der Waals surface area contributed by atoms with E-state index in [-0.39, 0.29) is 5.28 Å². The third-order valence-corrected chi connectivity index (χ3v) is 4.00. The first-order valence-electron chi connectivity index (χ1n) is 7.64. The van der Waals surface area contributed by atoms with E-state index >= 15 is 0 Å². The monoisotopic (exact) mass is 338 g/mol. The molecule has 1 N–H and O–H groups in total. The summed E-state index contributed by atoms with van der Waals surface area (Å²) in [6.45, 7) is 2.14. The summed E-state index contributed by atoms with van der Waals surface area (Å²) in [6, 6.07) is 12.2. The minimum Gasteiger partial charge on any atom is -0.322 e. The van der Waals surface area contributed by atoms with Crippen LogP contribution in [0.25, 0.3) is 11.2 Å². The van der Waals surface area contributed by atoms with Crippen molar-refractivity contribution in [3.8, 4) is 5.69 Å². The Morgan fingerprint density at radius 2 is 2.00 bits per heavy atom. The van der Waals surface area contributed by atoms with Crippen molar-refractivity contribution in [2.45, 2.75) is 13.3 Å². The Bertz CT molecular complexity index is 986. The Labute approximate surface area is 143 Å². The normalized spacial score (nSPS) is 11.1. The summed E-state index contributed by atoms with van der Waals surface area (Å²) >= 11 is 5.97. The molecule has 0 aliphatic rings. The van der Waals surface area contributed by atoms with Crippen LogP contribution < -0.4 is 5.32 Å². The number of nitrogens with one attached hydrogen (secondary N) is 1. The molecule has 3 aromatic heterocycles. The van der Waals surface area contributed by atoms with Crippen LogP contribution in [0.1, 0.15) is 12.5 Å². The van der Waals surface area contributed by atoms with Gasteiger partial charge in [-0.05, 0) is 47.9 Å². The highest BCUT2D eigenvalue weighted by atomic mass is 35.5. The quantitative estimate of drug-likeness (QED) is 0.613. The molecule has 0 aliphatic heterocycles. The van der Waals surface area contributed by atoms with Gasteiger partial charge in [-0.1, -0.05) is 19.1 Å². The van der Waals surface area contributed by atoms with Gasteiger partial charge in [0, 0.05) is 11.9 Å². The number of fused-ring (bicyclic) bond motifs is 1. The summed E-state index contributed by atoms with van der Waals surface area (Å²) < 4.78 is 3.64. The molecule has 0 fully saturated rings. The highest BCUT2D eigenvalue weighted by Gasteiger charge is 2.08. The highest BCUT2D eigenvalue weighted by molar-refractivity contribution is 6.28. The van der Waals surface area contributed by atoms with E-state index in [0.29, 0.717) is 11.6 Å². The minimum atomic E-state index is 0.177. The van der Waals surface area contributed by atoms with Gasteiger partial charge in [-0.25, -0.2) is 9.50 Å². The number of imidazole rings is 1. The smallest absolute Gasteiger partial charge is 0.243 e. The summed E-state index contributed by atoms with van der Waals surface area (Å²) in [5.41, 5.74) is 3.20. The number of aromatic nitrogens is 5. The fourth-order valence-corrected chi connectivity index (χ4v) is 2.72. The van der Waals surface area contributed by atoms with Crippen LogP contribution in [0.2, 0.25) is 5.28 Å². The van der Waals surface area contributed by atoms with Gasteiger partial charge in [0.1, 0.15) is 17.7 Å². The van der Waals surface area contributed by atoms with Crippen LogP contribution in [0.3, 0.4) is 0 Å². The van der Waals surface area contributed by atoms with Gasteiger partial charge < -0.3 is 9.88 Å². The number of hydrogen-bond acceptors (Lipinski definition) is 4. The summed E-state index contributed by atoms with van der Waals surface area (Å²) in [7, 11) is 0. The van der Waals surface area contributed by atoms with Crippen molar-refractivity contribution in [3.63, 3.8) is 0 Å². The molecule has 0 unspecified atom stereocenters. The van der Waals surface area contributed by atoms with Crippen molar-refractivity contribution in [2.24, 2.45) is 0 Å². The Morgan fingerprint density at radius 3 is 2.79 bits per heavy atom. The molecule has 4 aromatic rings. The van der Waals surface area contributed by atoms with Gasteiger partial charge in [0.15, 0.2) is 5.82 Å². The molecule has 1 aromatic carbocycles. The Kier molecular flexibility index (Phi) is 3.66. The largest absolute Gasteiger partial charge is 0.322 e. The highest BCUT2D eigenvalue weighted by Crippen LogP contribution is 2.21. The topological polar surface area (TPSA) is 60.0 Å². The first kappa shape index (κ1) is 14.7. The molecule has 0 bridgehead atoms. The molecule has 0 atom stereocenters. The van der Waals surface area contributed by atoms with Gasteiger partial charge in [0.25, 0.3) is 0 Å². The molecule has 7 heteroatoms. The lowest BCUT2D eigenvalue weighted by molar-refractivity contribution is 0.907. The predicted molar refractivity (Wildman–Crippen MR) is 94.2 cm³/mol. The van der Waals surface area contributed by atoms with E-state index in [0.717, 1.165) is 17.6 Å². The second-order valence-electron chi connectivity index (χ2n) is 5.38. The molecule has 0 saturated heterocycles. The van der Waals surface area contributed by atoms with E-state index in [1.807, 2.05) is 29.1 Å². The van der Waals surface area contributed by atoms with Gasteiger partial charge in [-0.15, -0.1) is 5.10 Å². The number of hydrogen-bond donors (Lipinski definition) is 1. The number of halogens is 1. The predicted octanol–water partition coefficient (Wildman–Crippen LogP) is 3.87. The number of rotatable bonds is 4. The van der Waals surface area contributed by atoms with E-state index in [4.69, 9.17) is 11.6 Å². The Morgan fingerprint density at radius 1 is 1.17 bits per heavy atom. The molecule has 6 nitrogen and oxygen atoms in total. The standard InChI is InChI=1S/C17H15ClN6/c1-2-12-5-7-13(8-6-12)23-10-15(19-11-23)20-16-14-4-3-9-24(14)22-17(18)21-16/h3-11H,2H2,1H3,(H,20,21,22). The van der Waals surface area contributed by atoms with Crippen molar-refractivity contribution >= 4 is 28.8 Å². The van der Waals surface area contributed by atoms with E-state index in [1.54, 1.807) is 10.8 Å². The van der Waals surface area contributed by atoms with Crippen LogP contribution in [0, 0.1) is 0 Å². The average molecular weight is 339 g/mol. The average Bonchev–Trinajstić information content (AvgIpc) is 3.24. The first-order chi connectivity index (χ1) is 11.7. The van der Waals surface area contributed by atoms with Crippen molar-refractivity contribution in [3.05, 3.63) is 66.0 Å². The number of anilines is 2. The van der Waals surface area contributed by atoms with Gasteiger partial charge in [-0.2, -0.15) is 4.98 Å². The SMILES string of the molecule is CCc1ccc(-n2cnc(Nc3nc(Cl)nn4cccc34)c2)cc1. The molecule has 0 spiro atoms. The van der Waals surface area contributed by atoms with Crippen LogP contribution in [0.5, 0.6) is 0 Å². The van der Waals surface area contributed by atoms with Crippen molar-refractivity contribution in [1.82, 2.24) is 24.1 Å². The van der Waals surface area contributed by atoms with Crippen molar-refractivity contribution in [1.29, 1.82) is 0 Å². The summed E-state index contributed by atoms with van der Waals surface area (Å²) in [6.07, 6.45) is 6.53. The lowest BCUT2D eigenvalue weighted by Gasteiger charge is -2.05. The van der Waals surface area contributed by atoms with E-state index < -0.39 is 0 Å². The molecular weight excluding hydrogens is 324 g/mol. The summed E-state index contributed by atoms with van der Waals surface area (Å²) in [5.74, 6) is 1.30. The zero-order valence-corrected chi connectivity index (χ0v) is 13.8. The maximum atomic E-state index is 5.97. The van der Waals surface area contributed by atoms with Crippen LogP contribution in [-0.4, -0.2) is 24.1 Å². The van der Waals surface area contributed by atoms with Gasteiger partial charge in [-0.3, -0.25) is 0 Å². The molecule has 4 rings (SSSR count). The molecule has 0 amide bonds. The van der Waals surface area contributed by atoms with E-state index in [2.05, 4.69) is 51.6 Å². The first-order valence-corrected chi connectivity index (χ1v) is 8.02. The Balaban J connectivity index is 1.63. The molecule has 120 valence electrons. The minimum absolute atomic E-state index is 0.177. The molecule has 0 radical (unpaired) electrons. The summed E-state index contributed by atoms with van der Waals surface area (Å²) in [4.78, 5) is 8.64. The number of aryl methyl sites for hydroxylation is 1. The van der Waals surface area contributed by atoms with Crippen LogP contribution >= 0.6 is 11.6 Å². The third-order valence-electron chi connectivity index (χ3n) is 3.84. The molecule has 0 aliphatic carbocycles. The third kappa shape index (κ3) is 2.72. The van der Waals surface area contributed by atoms with Crippen molar-refractivity contribution in [2.75, 3.05) is 5.32 Å². The zero-order valence-electron chi connectivity index (χ0n) is 13.0. The molecule has 0 saturated carbocycles. The fourth-order valence-electron chi connectivity index (χ4n) is 2.55. The second-order valence-corrected chi connectivity index (χ2v) is 5.72. The lowest BCUT2D eigenvalue weighted by Crippen LogP contribution is -2.01. The maximum absolute atomic E-state index is 5.97. The van der Waals surface area contributed by atoms with Crippen LogP contribution in [0.15, 0.2) is 55.1 Å². The van der Waals surface area contributed by atoms with Gasteiger partial charge in [0.2, 0.25) is 5.28 Å². The number of benzene rings is 1. The van der Waals surface area contributed by atoms with E-state index in [1.165, 1.54) is 5.56 Å². The maximum Gasteiger partial charge on any atom is 0.243 e. The molecule has 24 heavy (non-hydrogen) atoms.